The number of likely N-dealkylation sites (tertiary alicyclic amines) is 1. The zero-order valence-corrected chi connectivity index (χ0v) is 16.4. The number of nitrogens with two attached hydrogens (primary N) is 1. The van der Waals surface area contributed by atoms with E-state index < -0.39 is 0 Å². The number of nitrogens with zero attached hydrogens (tertiary/aromatic N) is 3. The molecule has 1 aromatic heterocycles. The van der Waals surface area contributed by atoms with E-state index in [9.17, 15) is 9.59 Å². The molecule has 1 aromatic carbocycles. The molecule has 1 aliphatic rings. The van der Waals surface area contributed by atoms with Crippen LogP contribution in [0.2, 0.25) is 0 Å². The molecule has 2 heterocycles. The molecule has 1 aliphatic heterocycles. The molecule has 2 N–H and O–H groups in total. The highest BCUT2D eigenvalue weighted by Gasteiger charge is 2.32. The van der Waals surface area contributed by atoms with Crippen LogP contribution in [0.25, 0.3) is 10.8 Å². The van der Waals surface area contributed by atoms with Crippen molar-refractivity contribution in [2.75, 3.05) is 6.54 Å². The predicted molar refractivity (Wildman–Crippen MR) is 108 cm³/mol. The van der Waals surface area contributed by atoms with Crippen LogP contribution in [0.5, 0.6) is 0 Å². The number of unbranched alkanes of at least 4 members (excludes halogenated alkanes) is 2. The lowest BCUT2D eigenvalue weighted by molar-refractivity contribution is 0.0577. The van der Waals surface area contributed by atoms with Gasteiger partial charge in [0.25, 0.3) is 11.5 Å². The second kappa shape index (κ2) is 8.65. The first-order valence-electron chi connectivity index (χ1n) is 10.1. The summed E-state index contributed by atoms with van der Waals surface area (Å²) < 4.78 is 1.47. The largest absolute Gasteiger partial charge is 0.333 e. The van der Waals surface area contributed by atoms with Gasteiger partial charge in [0.2, 0.25) is 0 Å². The van der Waals surface area contributed by atoms with E-state index in [4.69, 9.17) is 5.73 Å². The number of fused-ring (bicyclic) bond motifs is 1. The van der Waals surface area contributed by atoms with Crippen LogP contribution in [0.3, 0.4) is 0 Å². The van der Waals surface area contributed by atoms with Gasteiger partial charge in [0.15, 0.2) is 5.69 Å². The van der Waals surface area contributed by atoms with Gasteiger partial charge in [-0.25, -0.2) is 4.68 Å². The Kier molecular flexibility index (Phi) is 6.26. The summed E-state index contributed by atoms with van der Waals surface area (Å²) in [6, 6.07) is 7.22. The molecule has 1 fully saturated rings. The zero-order chi connectivity index (χ0) is 19.4. The number of hydrogen-bond acceptors (Lipinski definition) is 4. The Morgan fingerprint density at radius 2 is 2.00 bits per heavy atom. The summed E-state index contributed by atoms with van der Waals surface area (Å²) in [4.78, 5) is 28.1. The summed E-state index contributed by atoms with van der Waals surface area (Å²) in [6.07, 6.45) is 5.95. The third kappa shape index (κ3) is 4.05. The van der Waals surface area contributed by atoms with E-state index >= 15 is 0 Å². The maximum Gasteiger partial charge on any atom is 0.275 e. The molecule has 27 heavy (non-hydrogen) atoms. The molecule has 0 radical (unpaired) electrons. The van der Waals surface area contributed by atoms with Crippen LogP contribution < -0.4 is 11.3 Å². The Hall–Kier alpha value is -2.21. The van der Waals surface area contributed by atoms with Gasteiger partial charge >= 0.3 is 0 Å². The third-order valence-corrected chi connectivity index (χ3v) is 5.46. The van der Waals surface area contributed by atoms with Gasteiger partial charge in [-0.05, 0) is 38.7 Å². The normalized spacial score (nSPS) is 18.6. The number of amides is 1. The van der Waals surface area contributed by atoms with E-state index in [0.717, 1.165) is 38.5 Å². The lowest BCUT2D eigenvalue weighted by Gasteiger charge is -2.38. The minimum absolute atomic E-state index is 0.0206. The fourth-order valence-corrected chi connectivity index (χ4v) is 3.95. The van der Waals surface area contributed by atoms with Crippen LogP contribution in [0.4, 0.5) is 0 Å². The van der Waals surface area contributed by atoms with Crippen molar-refractivity contribution < 1.29 is 4.79 Å². The molecule has 3 rings (SSSR count). The summed E-state index contributed by atoms with van der Waals surface area (Å²) in [5.74, 6) is -0.113. The summed E-state index contributed by atoms with van der Waals surface area (Å²) in [6.45, 7) is 5.30. The van der Waals surface area contributed by atoms with Crippen molar-refractivity contribution in [3.8, 4) is 0 Å². The average Bonchev–Trinajstić information content (AvgIpc) is 2.69. The topological polar surface area (TPSA) is 81.2 Å². The van der Waals surface area contributed by atoms with Gasteiger partial charge in [-0.15, -0.1) is 0 Å². The zero-order valence-electron chi connectivity index (χ0n) is 16.4. The molecule has 2 aromatic rings. The van der Waals surface area contributed by atoms with Gasteiger partial charge in [-0.1, -0.05) is 38.0 Å². The smallest absolute Gasteiger partial charge is 0.275 e. The highest BCUT2D eigenvalue weighted by Crippen LogP contribution is 2.23. The molecular weight excluding hydrogens is 340 g/mol. The van der Waals surface area contributed by atoms with Gasteiger partial charge < -0.3 is 10.6 Å². The first-order chi connectivity index (χ1) is 13.0. The standard InChI is InChI=1S/C21H30N4O2/c1-3-4-8-14-25-20(26)17-11-6-5-10-16(17)19(23-25)21(27)24-13-9-7-12-18(24)15(2)22/h5-6,10-11,15,18H,3-4,7-9,12-14,22H2,1-2H3. The lowest BCUT2D eigenvalue weighted by atomic mass is 9.96. The molecule has 0 spiro atoms. The second-order valence-corrected chi connectivity index (χ2v) is 7.55. The Labute approximate surface area is 160 Å². The summed E-state index contributed by atoms with van der Waals surface area (Å²) in [7, 11) is 0. The van der Waals surface area contributed by atoms with Gasteiger partial charge in [0, 0.05) is 30.6 Å². The Balaban J connectivity index is 2.05. The molecule has 1 amide bonds. The van der Waals surface area contributed by atoms with E-state index in [1.165, 1.54) is 4.68 Å². The molecule has 1 saturated heterocycles. The maximum absolute atomic E-state index is 13.4. The number of carbonyl (C=O) groups is 1. The van der Waals surface area contributed by atoms with Crippen LogP contribution in [0, 0.1) is 0 Å². The molecule has 0 saturated carbocycles. The van der Waals surface area contributed by atoms with Crippen LogP contribution in [0.1, 0.15) is 62.9 Å². The van der Waals surface area contributed by atoms with Crippen molar-refractivity contribution >= 4 is 16.7 Å². The number of benzene rings is 1. The summed E-state index contributed by atoms with van der Waals surface area (Å²) in [5.41, 5.74) is 6.40. The SMILES string of the molecule is CCCCCn1nc(C(=O)N2CCCCC2C(C)N)c2ccccc2c1=O. The maximum atomic E-state index is 13.4. The Morgan fingerprint density at radius 3 is 2.70 bits per heavy atom. The van der Waals surface area contributed by atoms with E-state index in [1.807, 2.05) is 30.0 Å². The molecule has 0 aliphatic carbocycles. The quantitative estimate of drug-likeness (QED) is 0.793. The number of hydrogen-bond donors (Lipinski definition) is 1. The fraction of sp³-hybridized carbons (Fsp3) is 0.571. The molecule has 6 heteroatoms. The third-order valence-electron chi connectivity index (χ3n) is 5.46. The Morgan fingerprint density at radius 1 is 1.26 bits per heavy atom. The van der Waals surface area contributed by atoms with E-state index in [-0.39, 0.29) is 23.6 Å². The molecule has 2 atom stereocenters. The number of carbonyl (C=O) groups excluding carboxylic acids is 1. The van der Waals surface area contributed by atoms with Gasteiger partial charge in [-0.2, -0.15) is 5.10 Å². The van der Waals surface area contributed by atoms with Gasteiger partial charge in [-0.3, -0.25) is 9.59 Å². The fourth-order valence-electron chi connectivity index (χ4n) is 3.95. The van der Waals surface area contributed by atoms with Gasteiger partial charge in [0.05, 0.1) is 5.39 Å². The number of aromatic nitrogens is 2. The lowest BCUT2D eigenvalue weighted by Crippen LogP contribution is -2.52. The first-order valence-corrected chi connectivity index (χ1v) is 10.1. The molecule has 146 valence electrons. The van der Waals surface area contributed by atoms with Crippen LogP contribution in [-0.2, 0) is 6.54 Å². The van der Waals surface area contributed by atoms with Gasteiger partial charge in [0.1, 0.15) is 0 Å². The highest BCUT2D eigenvalue weighted by atomic mass is 16.2. The minimum Gasteiger partial charge on any atom is -0.333 e. The van der Waals surface area contributed by atoms with E-state index in [2.05, 4.69) is 12.0 Å². The van der Waals surface area contributed by atoms with Crippen LogP contribution in [-0.4, -0.2) is 39.2 Å². The van der Waals surface area contributed by atoms with E-state index in [1.54, 1.807) is 6.07 Å². The van der Waals surface area contributed by atoms with Crippen molar-refractivity contribution in [1.82, 2.24) is 14.7 Å². The first kappa shape index (κ1) is 19.5. The van der Waals surface area contributed by atoms with E-state index in [0.29, 0.717) is 29.6 Å². The summed E-state index contributed by atoms with van der Waals surface area (Å²) >= 11 is 0. The van der Waals surface area contributed by atoms with Crippen LogP contribution >= 0.6 is 0 Å². The number of piperidine rings is 1. The van der Waals surface area contributed by atoms with Crippen molar-refractivity contribution in [2.45, 2.75) is 71.0 Å². The monoisotopic (exact) mass is 370 g/mol. The van der Waals surface area contributed by atoms with Crippen molar-refractivity contribution in [1.29, 1.82) is 0 Å². The minimum atomic E-state index is -0.124. The van der Waals surface area contributed by atoms with Crippen LogP contribution in [0.15, 0.2) is 29.1 Å². The predicted octanol–water partition coefficient (Wildman–Crippen LogP) is 2.93. The number of aryl methyl sites for hydroxylation is 1. The Bertz CT molecular complexity index is 859. The second-order valence-electron chi connectivity index (χ2n) is 7.55. The molecule has 0 bridgehead atoms. The van der Waals surface area contributed by atoms with Crippen molar-refractivity contribution in [3.05, 3.63) is 40.3 Å². The highest BCUT2D eigenvalue weighted by molar-refractivity contribution is 6.04. The summed E-state index contributed by atoms with van der Waals surface area (Å²) in [5, 5.41) is 5.70. The van der Waals surface area contributed by atoms with Crippen molar-refractivity contribution in [3.63, 3.8) is 0 Å². The molecule has 2 unspecified atom stereocenters. The average molecular weight is 370 g/mol. The molecular formula is C21H30N4O2. The van der Waals surface area contributed by atoms with Crippen molar-refractivity contribution in [2.24, 2.45) is 5.73 Å². The molecule has 6 nitrogen and oxygen atoms in total. The number of rotatable bonds is 6.